The van der Waals surface area contributed by atoms with Gasteiger partial charge >= 0.3 is 0 Å². The van der Waals surface area contributed by atoms with Gasteiger partial charge in [-0.05, 0) is 55.2 Å². The van der Waals surface area contributed by atoms with E-state index in [-0.39, 0.29) is 27.1 Å². The zero-order valence-electron chi connectivity index (χ0n) is 16.1. The van der Waals surface area contributed by atoms with Gasteiger partial charge in [-0.2, -0.15) is 0 Å². The molecule has 0 atom stereocenters. The molecule has 2 aromatic carbocycles. The van der Waals surface area contributed by atoms with Crippen LogP contribution in [0.1, 0.15) is 30.1 Å². The van der Waals surface area contributed by atoms with E-state index in [1.165, 1.54) is 43.5 Å². The first-order chi connectivity index (χ1) is 13.7. The topological polar surface area (TPSA) is 75.7 Å². The number of nitrogens with zero attached hydrogens (tertiary/aromatic N) is 1. The van der Waals surface area contributed by atoms with E-state index in [2.05, 4.69) is 11.6 Å². The van der Waals surface area contributed by atoms with Crippen molar-refractivity contribution in [3.05, 3.63) is 52.0 Å². The van der Waals surface area contributed by atoms with Gasteiger partial charge in [0.1, 0.15) is 5.75 Å². The summed E-state index contributed by atoms with van der Waals surface area (Å²) in [5, 5.41) is 0.555. The highest BCUT2D eigenvalue weighted by Crippen LogP contribution is 2.29. The normalized spacial score (nSPS) is 15.2. The summed E-state index contributed by atoms with van der Waals surface area (Å²) in [5.74, 6) is 0.672. The van der Waals surface area contributed by atoms with E-state index in [1.807, 2.05) is 0 Å². The number of sulfonamides is 1. The molecule has 156 valence electrons. The van der Waals surface area contributed by atoms with Crippen LogP contribution in [-0.4, -0.2) is 39.4 Å². The Kier molecular flexibility index (Phi) is 6.61. The van der Waals surface area contributed by atoms with Gasteiger partial charge in [-0.3, -0.25) is 9.52 Å². The zero-order valence-corrected chi connectivity index (χ0v) is 18.4. The van der Waals surface area contributed by atoms with E-state index >= 15 is 0 Å². The number of amides is 1. The lowest BCUT2D eigenvalue weighted by atomic mass is 9.98. The van der Waals surface area contributed by atoms with E-state index in [0.29, 0.717) is 29.8 Å². The van der Waals surface area contributed by atoms with Crippen LogP contribution in [0, 0.1) is 5.92 Å². The third kappa shape index (κ3) is 4.97. The van der Waals surface area contributed by atoms with Crippen LogP contribution >= 0.6 is 23.2 Å². The number of carbonyl (C=O) groups is 1. The Balaban J connectivity index is 1.90. The molecule has 0 bridgehead atoms. The van der Waals surface area contributed by atoms with Crippen LogP contribution in [0.4, 0.5) is 5.69 Å². The van der Waals surface area contributed by atoms with Gasteiger partial charge in [-0.1, -0.05) is 30.1 Å². The Morgan fingerprint density at radius 2 is 1.79 bits per heavy atom. The molecule has 1 N–H and O–H groups in total. The third-order valence-electron chi connectivity index (χ3n) is 4.95. The third-order valence-corrected chi connectivity index (χ3v) is 7.07. The molecule has 0 unspecified atom stereocenters. The Hall–Kier alpha value is -1.96. The fourth-order valence-electron chi connectivity index (χ4n) is 3.18. The standard InChI is InChI=1S/C20H22Cl2N2O4S/c1-13-7-9-24(10-8-13)20(25)16-12-15(4-6-19(16)28-2)29(26,27)23-14-3-5-17(21)18(22)11-14/h3-6,11-13,23H,7-10H2,1-2H3. The van der Waals surface area contributed by atoms with Crippen molar-refractivity contribution in [2.75, 3.05) is 24.9 Å². The molecule has 29 heavy (non-hydrogen) atoms. The molecule has 1 amide bonds. The summed E-state index contributed by atoms with van der Waals surface area (Å²) in [4.78, 5) is 14.7. The van der Waals surface area contributed by atoms with Crippen molar-refractivity contribution in [3.63, 3.8) is 0 Å². The van der Waals surface area contributed by atoms with Gasteiger partial charge < -0.3 is 9.64 Å². The summed E-state index contributed by atoms with van der Waals surface area (Å²) in [6.07, 6.45) is 1.84. The fraction of sp³-hybridized carbons (Fsp3) is 0.350. The van der Waals surface area contributed by atoms with Crippen LogP contribution in [0.3, 0.4) is 0 Å². The number of hydrogen-bond acceptors (Lipinski definition) is 4. The van der Waals surface area contributed by atoms with Crippen molar-refractivity contribution in [2.45, 2.75) is 24.7 Å². The highest BCUT2D eigenvalue weighted by Gasteiger charge is 2.26. The minimum atomic E-state index is -3.94. The van der Waals surface area contributed by atoms with Gasteiger partial charge in [0.25, 0.3) is 15.9 Å². The number of anilines is 1. The van der Waals surface area contributed by atoms with Gasteiger partial charge in [0.15, 0.2) is 0 Å². The smallest absolute Gasteiger partial charge is 0.261 e. The Bertz CT molecular complexity index is 1020. The highest BCUT2D eigenvalue weighted by atomic mass is 35.5. The van der Waals surface area contributed by atoms with Crippen LogP contribution in [0.25, 0.3) is 0 Å². The number of piperidine rings is 1. The van der Waals surface area contributed by atoms with E-state index in [4.69, 9.17) is 27.9 Å². The van der Waals surface area contributed by atoms with Crippen molar-refractivity contribution in [1.29, 1.82) is 0 Å². The average molecular weight is 457 g/mol. The zero-order chi connectivity index (χ0) is 21.2. The molecular formula is C20H22Cl2N2O4S. The number of halogens is 2. The van der Waals surface area contributed by atoms with E-state index in [9.17, 15) is 13.2 Å². The molecule has 3 rings (SSSR count). The van der Waals surface area contributed by atoms with Crippen molar-refractivity contribution < 1.29 is 17.9 Å². The summed E-state index contributed by atoms with van der Waals surface area (Å²) >= 11 is 11.8. The van der Waals surface area contributed by atoms with Crippen LogP contribution in [0.5, 0.6) is 5.75 Å². The second-order valence-electron chi connectivity index (χ2n) is 7.07. The minimum Gasteiger partial charge on any atom is -0.496 e. The molecule has 0 spiro atoms. The Morgan fingerprint density at radius 3 is 2.41 bits per heavy atom. The molecule has 2 aromatic rings. The highest BCUT2D eigenvalue weighted by molar-refractivity contribution is 7.92. The first kappa shape index (κ1) is 21.7. The number of likely N-dealkylation sites (tertiary alicyclic amines) is 1. The van der Waals surface area contributed by atoms with Gasteiger partial charge in [-0.25, -0.2) is 8.42 Å². The fourth-order valence-corrected chi connectivity index (χ4v) is 4.55. The van der Waals surface area contributed by atoms with Gasteiger partial charge in [-0.15, -0.1) is 0 Å². The van der Waals surface area contributed by atoms with Crippen molar-refractivity contribution in [3.8, 4) is 5.75 Å². The number of rotatable bonds is 5. The summed E-state index contributed by atoms with van der Waals surface area (Å²) < 4.78 is 33.4. The molecule has 0 aromatic heterocycles. The van der Waals surface area contributed by atoms with Crippen LogP contribution in [-0.2, 0) is 10.0 Å². The monoisotopic (exact) mass is 456 g/mol. The summed E-state index contributed by atoms with van der Waals surface area (Å²) in [6, 6.07) is 8.67. The quantitative estimate of drug-likeness (QED) is 0.708. The SMILES string of the molecule is COc1ccc(S(=O)(=O)Nc2ccc(Cl)c(Cl)c2)cc1C(=O)N1CCC(C)CC1. The van der Waals surface area contributed by atoms with E-state index in [0.717, 1.165) is 12.8 Å². The molecule has 0 radical (unpaired) electrons. The maximum Gasteiger partial charge on any atom is 0.261 e. The average Bonchev–Trinajstić information content (AvgIpc) is 2.70. The van der Waals surface area contributed by atoms with Crippen molar-refractivity contribution in [2.24, 2.45) is 5.92 Å². The number of ether oxygens (including phenoxy) is 1. The minimum absolute atomic E-state index is 0.0434. The van der Waals surface area contributed by atoms with E-state index in [1.54, 1.807) is 4.90 Å². The molecule has 1 aliphatic heterocycles. The molecule has 0 saturated carbocycles. The number of nitrogens with one attached hydrogen (secondary N) is 1. The van der Waals surface area contributed by atoms with Crippen LogP contribution in [0.2, 0.25) is 10.0 Å². The number of methoxy groups -OCH3 is 1. The van der Waals surface area contributed by atoms with Crippen LogP contribution in [0.15, 0.2) is 41.3 Å². The lowest BCUT2D eigenvalue weighted by Gasteiger charge is -2.30. The molecular weight excluding hydrogens is 435 g/mol. The predicted molar refractivity (Wildman–Crippen MR) is 115 cm³/mol. The first-order valence-corrected chi connectivity index (χ1v) is 11.4. The Morgan fingerprint density at radius 1 is 1.10 bits per heavy atom. The molecule has 1 saturated heterocycles. The summed E-state index contributed by atoms with van der Waals surface area (Å²) in [7, 11) is -2.49. The maximum absolute atomic E-state index is 13.0. The molecule has 1 heterocycles. The van der Waals surface area contributed by atoms with Gasteiger partial charge in [0, 0.05) is 13.1 Å². The van der Waals surface area contributed by atoms with Crippen LogP contribution < -0.4 is 9.46 Å². The van der Waals surface area contributed by atoms with Gasteiger partial charge in [0.05, 0.1) is 33.3 Å². The number of hydrogen-bond donors (Lipinski definition) is 1. The molecule has 1 fully saturated rings. The number of benzene rings is 2. The predicted octanol–water partition coefficient (Wildman–Crippen LogP) is 4.67. The molecule has 9 heteroatoms. The second kappa shape index (κ2) is 8.81. The Labute approximate surface area is 180 Å². The second-order valence-corrected chi connectivity index (χ2v) is 9.57. The maximum atomic E-state index is 13.0. The van der Waals surface area contributed by atoms with E-state index < -0.39 is 10.0 Å². The van der Waals surface area contributed by atoms with Crippen molar-refractivity contribution in [1.82, 2.24) is 4.90 Å². The largest absolute Gasteiger partial charge is 0.496 e. The molecule has 0 aliphatic carbocycles. The first-order valence-electron chi connectivity index (χ1n) is 9.16. The molecule has 6 nitrogen and oxygen atoms in total. The lowest BCUT2D eigenvalue weighted by Crippen LogP contribution is -2.38. The lowest BCUT2D eigenvalue weighted by molar-refractivity contribution is 0.0693. The molecule has 1 aliphatic rings. The summed E-state index contributed by atoms with van der Waals surface area (Å²) in [6.45, 7) is 3.44. The summed E-state index contributed by atoms with van der Waals surface area (Å²) in [5.41, 5.74) is 0.493. The van der Waals surface area contributed by atoms with Crippen molar-refractivity contribution >= 4 is 44.8 Å². The van der Waals surface area contributed by atoms with Gasteiger partial charge in [0.2, 0.25) is 0 Å². The number of carbonyl (C=O) groups excluding carboxylic acids is 1.